The van der Waals surface area contributed by atoms with Gasteiger partial charge in [0.2, 0.25) is 0 Å². The summed E-state index contributed by atoms with van der Waals surface area (Å²) in [6, 6.07) is 0. The maximum absolute atomic E-state index is 12.3. The van der Waals surface area contributed by atoms with E-state index in [9.17, 15) is 4.79 Å². The van der Waals surface area contributed by atoms with Crippen molar-refractivity contribution in [3.63, 3.8) is 0 Å². The van der Waals surface area contributed by atoms with E-state index < -0.39 is 5.41 Å². The lowest BCUT2D eigenvalue weighted by Gasteiger charge is -2.36. The van der Waals surface area contributed by atoms with Crippen LogP contribution >= 0.6 is 0 Å². The Morgan fingerprint density at radius 2 is 1.77 bits per heavy atom. The zero-order valence-corrected chi connectivity index (χ0v) is 14.9. The molecule has 0 aromatic rings. The first-order chi connectivity index (χ1) is 10.2. The number of rotatable bonds is 4. The molecular weight excluding hydrogens is 280 g/mol. The van der Waals surface area contributed by atoms with E-state index in [1.54, 1.807) is 0 Å². The monoisotopic (exact) mass is 312 g/mol. The standard InChI is InChI=1S/C18H32O4/c1-16(2,3)17(4,5)15(19)20-12-9-14-13-21-18(22-14)10-7-6-8-11-18/h14H,6-13H2,1-5H3. The molecule has 22 heavy (non-hydrogen) atoms. The quantitative estimate of drug-likeness (QED) is 0.734. The fraction of sp³-hybridized carbons (Fsp3) is 0.944. The average Bonchev–Trinajstić information content (AvgIpc) is 2.81. The van der Waals surface area contributed by atoms with Gasteiger partial charge in [0, 0.05) is 19.3 Å². The molecule has 1 atom stereocenters. The van der Waals surface area contributed by atoms with Crippen LogP contribution in [0.25, 0.3) is 0 Å². The normalized spacial score (nSPS) is 25.4. The van der Waals surface area contributed by atoms with Crippen LogP contribution in [-0.4, -0.2) is 31.1 Å². The van der Waals surface area contributed by atoms with Crippen LogP contribution in [0.2, 0.25) is 0 Å². The summed E-state index contributed by atoms with van der Waals surface area (Å²) >= 11 is 0. The minimum Gasteiger partial charge on any atom is -0.465 e. The molecular formula is C18H32O4. The van der Waals surface area contributed by atoms with Gasteiger partial charge in [0.25, 0.3) is 0 Å². The van der Waals surface area contributed by atoms with Crippen LogP contribution in [0, 0.1) is 10.8 Å². The minimum absolute atomic E-state index is 0.0589. The van der Waals surface area contributed by atoms with E-state index in [-0.39, 0.29) is 23.3 Å². The summed E-state index contributed by atoms with van der Waals surface area (Å²) in [5, 5.41) is 0. The van der Waals surface area contributed by atoms with Gasteiger partial charge in [-0.05, 0) is 32.1 Å². The molecule has 1 aliphatic heterocycles. The van der Waals surface area contributed by atoms with Crippen molar-refractivity contribution in [2.24, 2.45) is 10.8 Å². The molecule has 4 nitrogen and oxygen atoms in total. The fourth-order valence-electron chi connectivity index (χ4n) is 2.88. The molecule has 2 aliphatic rings. The van der Waals surface area contributed by atoms with Gasteiger partial charge in [-0.3, -0.25) is 4.79 Å². The summed E-state index contributed by atoms with van der Waals surface area (Å²) in [7, 11) is 0. The zero-order valence-electron chi connectivity index (χ0n) is 14.9. The molecule has 1 heterocycles. The smallest absolute Gasteiger partial charge is 0.312 e. The van der Waals surface area contributed by atoms with Gasteiger partial charge in [-0.15, -0.1) is 0 Å². The Morgan fingerprint density at radius 3 is 2.36 bits per heavy atom. The van der Waals surface area contributed by atoms with Gasteiger partial charge >= 0.3 is 5.97 Å². The van der Waals surface area contributed by atoms with E-state index in [2.05, 4.69) is 20.8 Å². The predicted molar refractivity (Wildman–Crippen MR) is 85.5 cm³/mol. The van der Waals surface area contributed by atoms with E-state index in [1.165, 1.54) is 19.3 Å². The molecule has 1 saturated heterocycles. The topological polar surface area (TPSA) is 44.8 Å². The predicted octanol–water partition coefficient (Wildman–Crippen LogP) is 4.07. The highest BCUT2D eigenvalue weighted by Gasteiger charge is 2.43. The average molecular weight is 312 g/mol. The number of ether oxygens (including phenoxy) is 3. The van der Waals surface area contributed by atoms with Crippen molar-refractivity contribution in [1.82, 2.24) is 0 Å². The van der Waals surface area contributed by atoms with E-state index in [0.29, 0.717) is 19.6 Å². The maximum atomic E-state index is 12.3. The second-order valence-electron chi connectivity index (χ2n) is 8.32. The van der Waals surface area contributed by atoms with Crippen LogP contribution in [0.15, 0.2) is 0 Å². The van der Waals surface area contributed by atoms with E-state index >= 15 is 0 Å². The van der Waals surface area contributed by atoms with Crippen molar-refractivity contribution in [2.75, 3.05) is 13.2 Å². The Hall–Kier alpha value is -0.610. The highest BCUT2D eigenvalue weighted by atomic mass is 16.7. The van der Waals surface area contributed by atoms with Gasteiger partial charge in [0.05, 0.1) is 24.7 Å². The van der Waals surface area contributed by atoms with Gasteiger partial charge in [0.1, 0.15) is 0 Å². The first-order valence-electron chi connectivity index (χ1n) is 8.65. The molecule has 0 N–H and O–H groups in total. The van der Waals surface area contributed by atoms with Crippen LogP contribution in [0.3, 0.4) is 0 Å². The number of carbonyl (C=O) groups is 1. The summed E-state index contributed by atoms with van der Waals surface area (Å²) in [6.07, 6.45) is 6.42. The van der Waals surface area contributed by atoms with Gasteiger partial charge in [-0.25, -0.2) is 0 Å². The fourth-order valence-corrected chi connectivity index (χ4v) is 2.88. The molecule has 4 heteroatoms. The molecule has 0 aromatic heterocycles. The third-order valence-corrected chi connectivity index (χ3v) is 5.59. The van der Waals surface area contributed by atoms with E-state index in [1.807, 2.05) is 13.8 Å². The Bertz CT molecular complexity index is 388. The second kappa shape index (κ2) is 6.48. The molecule has 2 rings (SSSR count). The second-order valence-corrected chi connectivity index (χ2v) is 8.32. The lowest BCUT2D eigenvalue weighted by Crippen LogP contribution is -2.39. The van der Waals surface area contributed by atoms with Gasteiger partial charge in [-0.1, -0.05) is 27.2 Å². The Kier molecular flexibility index (Phi) is 5.23. The Morgan fingerprint density at radius 1 is 1.14 bits per heavy atom. The van der Waals surface area contributed by atoms with Crippen LogP contribution in [0.5, 0.6) is 0 Å². The first-order valence-corrected chi connectivity index (χ1v) is 8.65. The van der Waals surface area contributed by atoms with Crippen molar-refractivity contribution < 1.29 is 19.0 Å². The van der Waals surface area contributed by atoms with Crippen molar-refractivity contribution in [2.45, 2.75) is 85.0 Å². The molecule has 128 valence electrons. The zero-order chi connectivity index (χ0) is 16.4. The Balaban J connectivity index is 1.74. The molecule has 0 amide bonds. The lowest BCUT2D eigenvalue weighted by atomic mass is 9.69. The molecule has 0 radical (unpaired) electrons. The largest absolute Gasteiger partial charge is 0.465 e. The third kappa shape index (κ3) is 3.83. The molecule has 2 fully saturated rings. The van der Waals surface area contributed by atoms with Gasteiger partial charge < -0.3 is 14.2 Å². The highest BCUT2D eigenvalue weighted by Crippen LogP contribution is 2.40. The highest BCUT2D eigenvalue weighted by molar-refractivity contribution is 5.76. The number of hydrogen-bond donors (Lipinski definition) is 0. The first kappa shape index (κ1) is 17.7. The molecule has 0 bridgehead atoms. The number of hydrogen-bond acceptors (Lipinski definition) is 4. The van der Waals surface area contributed by atoms with Gasteiger partial charge in [-0.2, -0.15) is 0 Å². The van der Waals surface area contributed by atoms with Crippen molar-refractivity contribution in [3.05, 3.63) is 0 Å². The summed E-state index contributed by atoms with van der Waals surface area (Å²) in [4.78, 5) is 12.3. The van der Waals surface area contributed by atoms with Gasteiger partial charge in [0.15, 0.2) is 5.79 Å². The summed E-state index contributed by atoms with van der Waals surface area (Å²) < 4.78 is 17.5. The maximum Gasteiger partial charge on any atom is 0.312 e. The van der Waals surface area contributed by atoms with Crippen molar-refractivity contribution in [3.8, 4) is 0 Å². The molecule has 1 saturated carbocycles. The minimum atomic E-state index is -0.495. The third-order valence-electron chi connectivity index (χ3n) is 5.59. The SMILES string of the molecule is CC(C)(C)C(C)(C)C(=O)OCCC1COC2(CCCCC2)O1. The number of carbonyl (C=O) groups excluding carboxylic acids is 1. The molecule has 1 unspecified atom stereocenters. The lowest BCUT2D eigenvalue weighted by molar-refractivity contribution is -0.188. The van der Waals surface area contributed by atoms with E-state index in [4.69, 9.17) is 14.2 Å². The van der Waals surface area contributed by atoms with Crippen LogP contribution < -0.4 is 0 Å². The summed E-state index contributed by atoms with van der Waals surface area (Å²) in [5.74, 6) is -0.469. The summed E-state index contributed by atoms with van der Waals surface area (Å²) in [5.41, 5.74) is -0.617. The Labute approximate surface area is 134 Å². The van der Waals surface area contributed by atoms with Crippen LogP contribution in [-0.2, 0) is 19.0 Å². The molecule has 1 spiro atoms. The number of esters is 1. The molecule has 1 aliphatic carbocycles. The van der Waals surface area contributed by atoms with Crippen molar-refractivity contribution in [1.29, 1.82) is 0 Å². The molecule has 0 aromatic carbocycles. The van der Waals surface area contributed by atoms with E-state index in [0.717, 1.165) is 12.8 Å². The van der Waals surface area contributed by atoms with Crippen LogP contribution in [0.4, 0.5) is 0 Å². The van der Waals surface area contributed by atoms with Crippen LogP contribution in [0.1, 0.15) is 73.1 Å². The summed E-state index contributed by atoms with van der Waals surface area (Å²) in [6.45, 7) is 11.1. The van der Waals surface area contributed by atoms with Crippen molar-refractivity contribution >= 4 is 5.97 Å².